The largest absolute Gasteiger partial charge is 0.744 e. The minimum absolute atomic E-state index is 0.222. The third-order valence-corrected chi connectivity index (χ3v) is 2.32. The Labute approximate surface area is 71.1 Å². The Morgan fingerprint density at radius 2 is 1.92 bits per heavy atom. The molecule has 0 saturated heterocycles. The zero-order valence-electron chi connectivity index (χ0n) is 6.23. The van der Waals surface area contributed by atoms with Gasteiger partial charge < -0.3 is 4.55 Å². The fraction of sp³-hybridized carbons (Fsp3) is 0. The highest BCUT2D eigenvalue weighted by molar-refractivity contribution is 7.85. The molecular formula is C8H7O3S-. The molecule has 0 aliphatic rings. The Balaban J connectivity index is 3.43. The lowest BCUT2D eigenvalue weighted by molar-refractivity contribution is 0.463. The van der Waals surface area contributed by atoms with E-state index in [1.165, 1.54) is 24.3 Å². The molecule has 1 aromatic rings. The Morgan fingerprint density at radius 3 is 2.33 bits per heavy atom. The highest BCUT2D eigenvalue weighted by atomic mass is 32.2. The van der Waals surface area contributed by atoms with Gasteiger partial charge in [0.2, 0.25) is 0 Å². The average molecular weight is 183 g/mol. The first-order valence-electron chi connectivity index (χ1n) is 3.23. The molecule has 3 nitrogen and oxygen atoms in total. The molecule has 0 fully saturated rings. The van der Waals surface area contributed by atoms with Crippen molar-refractivity contribution in [2.45, 2.75) is 4.90 Å². The van der Waals surface area contributed by atoms with Crippen LogP contribution in [0.15, 0.2) is 35.7 Å². The second kappa shape index (κ2) is 3.08. The van der Waals surface area contributed by atoms with E-state index in [0.29, 0.717) is 5.56 Å². The molecule has 0 aromatic heterocycles. The summed E-state index contributed by atoms with van der Waals surface area (Å²) in [7, 11) is -4.37. The van der Waals surface area contributed by atoms with Gasteiger partial charge in [0.1, 0.15) is 10.1 Å². The average Bonchev–Trinajstić information content (AvgIpc) is 2.03. The molecule has 64 valence electrons. The van der Waals surface area contributed by atoms with Crippen LogP contribution in [0.3, 0.4) is 0 Å². The lowest BCUT2D eigenvalue weighted by Crippen LogP contribution is -2.00. The predicted molar refractivity (Wildman–Crippen MR) is 44.5 cm³/mol. The van der Waals surface area contributed by atoms with Gasteiger partial charge in [0.05, 0.1) is 4.90 Å². The van der Waals surface area contributed by atoms with E-state index in [4.69, 9.17) is 0 Å². The fourth-order valence-corrected chi connectivity index (χ4v) is 1.56. The van der Waals surface area contributed by atoms with Gasteiger partial charge in [-0.05, 0) is 11.6 Å². The van der Waals surface area contributed by atoms with Gasteiger partial charge in [0.25, 0.3) is 0 Å². The van der Waals surface area contributed by atoms with Crippen molar-refractivity contribution in [1.29, 1.82) is 0 Å². The maximum Gasteiger partial charge on any atom is 0.125 e. The predicted octanol–water partition coefficient (Wildman–Crippen LogP) is 1.23. The van der Waals surface area contributed by atoms with E-state index in [1.54, 1.807) is 6.07 Å². The van der Waals surface area contributed by atoms with Crippen molar-refractivity contribution in [2.24, 2.45) is 0 Å². The normalized spacial score (nSPS) is 11.1. The first-order chi connectivity index (χ1) is 5.55. The molecule has 1 aromatic carbocycles. The van der Waals surface area contributed by atoms with Crippen LogP contribution in [-0.2, 0) is 10.1 Å². The van der Waals surface area contributed by atoms with Crippen LogP contribution in [0.1, 0.15) is 5.56 Å². The van der Waals surface area contributed by atoms with Crippen molar-refractivity contribution in [3.63, 3.8) is 0 Å². The van der Waals surface area contributed by atoms with E-state index in [2.05, 4.69) is 6.58 Å². The zero-order valence-corrected chi connectivity index (χ0v) is 7.04. The summed E-state index contributed by atoms with van der Waals surface area (Å²) in [5, 5.41) is 0. The van der Waals surface area contributed by atoms with E-state index < -0.39 is 10.1 Å². The van der Waals surface area contributed by atoms with Gasteiger partial charge in [-0.1, -0.05) is 30.9 Å². The molecule has 0 aliphatic heterocycles. The maximum absolute atomic E-state index is 10.6. The van der Waals surface area contributed by atoms with Gasteiger partial charge >= 0.3 is 0 Å². The molecule has 0 unspecified atom stereocenters. The van der Waals surface area contributed by atoms with Crippen molar-refractivity contribution < 1.29 is 13.0 Å². The van der Waals surface area contributed by atoms with E-state index in [9.17, 15) is 13.0 Å². The molecular weight excluding hydrogens is 176 g/mol. The van der Waals surface area contributed by atoms with E-state index in [1.807, 2.05) is 0 Å². The van der Waals surface area contributed by atoms with Gasteiger partial charge in [0.15, 0.2) is 0 Å². The standard InChI is InChI=1S/C8H8O3S/c1-2-7-5-3-4-6-8(7)12(9,10)11/h2-6H,1H2,(H,9,10,11)/p-1. The molecule has 0 saturated carbocycles. The van der Waals surface area contributed by atoms with Gasteiger partial charge in [-0.15, -0.1) is 0 Å². The highest BCUT2D eigenvalue weighted by Gasteiger charge is 2.03. The molecule has 0 amide bonds. The van der Waals surface area contributed by atoms with Crippen LogP contribution >= 0.6 is 0 Å². The fourth-order valence-electron chi connectivity index (χ4n) is 0.877. The molecule has 0 bridgehead atoms. The summed E-state index contributed by atoms with van der Waals surface area (Å²) in [6.07, 6.45) is 1.34. The summed E-state index contributed by atoms with van der Waals surface area (Å²) < 4.78 is 31.8. The number of hydrogen-bond donors (Lipinski definition) is 0. The lowest BCUT2D eigenvalue weighted by Gasteiger charge is -2.09. The second-order valence-corrected chi connectivity index (χ2v) is 3.54. The zero-order chi connectivity index (χ0) is 9.19. The number of rotatable bonds is 2. The van der Waals surface area contributed by atoms with Gasteiger partial charge in [-0.25, -0.2) is 8.42 Å². The molecule has 0 N–H and O–H groups in total. The van der Waals surface area contributed by atoms with Crippen molar-refractivity contribution in [2.75, 3.05) is 0 Å². The van der Waals surface area contributed by atoms with Gasteiger partial charge in [-0.3, -0.25) is 0 Å². The molecule has 0 radical (unpaired) electrons. The lowest BCUT2D eigenvalue weighted by atomic mass is 10.2. The summed E-state index contributed by atoms with van der Waals surface area (Å²) in [5.74, 6) is 0. The smallest absolute Gasteiger partial charge is 0.125 e. The van der Waals surface area contributed by atoms with Crippen LogP contribution in [-0.4, -0.2) is 13.0 Å². The maximum atomic E-state index is 10.6. The van der Waals surface area contributed by atoms with Crippen molar-refractivity contribution in [3.05, 3.63) is 36.4 Å². The van der Waals surface area contributed by atoms with E-state index in [-0.39, 0.29) is 4.90 Å². The molecule has 12 heavy (non-hydrogen) atoms. The van der Waals surface area contributed by atoms with E-state index >= 15 is 0 Å². The molecule has 4 heteroatoms. The Morgan fingerprint density at radius 1 is 1.33 bits per heavy atom. The first-order valence-corrected chi connectivity index (χ1v) is 4.64. The summed E-state index contributed by atoms with van der Waals surface area (Å²) in [4.78, 5) is -0.222. The number of benzene rings is 1. The minimum Gasteiger partial charge on any atom is -0.744 e. The van der Waals surface area contributed by atoms with Crippen molar-refractivity contribution >= 4 is 16.2 Å². The third kappa shape index (κ3) is 1.72. The molecule has 1 rings (SSSR count). The van der Waals surface area contributed by atoms with Crippen LogP contribution in [0.25, 0.3) is 6.08 Å². The monoisotopic (exact) mass is 183 g/mol. The third-order valence-electron chi connectivity index (χ3n) is 1.41. The Kier molecular flexibility index (Phi) is 2.30. The minimum atomic E-state index is -4.37. The molecule has 0 spiro atoms. The summed E-state index contributed by atoms with van der Waals surface area (Å²) in [5.41, 5.74) is 0.340. The second-order valence-electron chi connectivity index (χ2n) is 2.20. The van der Waals surface area contributed by atoms with Crippen LogP contribution in [0.4, 0.5) is 0 Å². The molecule has 0 heterocycles. The van der Waals surface area contributed by atoms with Crippen LogP contribution in [0.2, 0.25) is 0 Å². The summed E-state index contributed by atoms with van der Waals surface area (Å²) in [6, 6.07) is 5.93. The topological polar surface area (TPSA) is 57.2 Å². The molecule has 0 atom stereocenters. The Bertz CT molecular complexity index is 393. The first kappa shape index (κ1) is 8.96. The van der Waals surface area contributed by atoms with Gasteiger partial charge in [0, 0.05) is 0 Å². The molecule has 0 aliphatic carbocycles. The van der Waals surface area contributed by atoms with Crippen molar-refractivity contribution in [3.8, 4) is 0 Å². The van der Waals surface area contributed by atoms with Crippen LogP contribution in [0.5, 0.6) is 0 Å². The summed E-state index contributed by atoms with van der Waals surface area (Å²) >= 11 is 0. The highest BCUT2D eigenvalue weighted by Crippen LogP contribution is 2.15. The SMILES string of the molecule is C=Cc1ccccc1S(=O)(=O)[O-]. The van der Waals surface area contributed by atoms with Crippen LogP contribution < -0.4 is 0 Å². The summed E-state index contributed by atoms with van der Waals surface area (Å²) in [6.45, 7) is 3.40. The van der Waals surface area contributed by atoms with E-state index in [0.717, 1.165) is 0 Å². The van der Waals surface area contributed by atoms with Gasteiger partial charge in [-0.2, -0.15) is 0 Å². The number of hydrogen-bond acceptors (Lipinski definition) is 3. The van der Waals surface area contributed by atoms with Crippen LogP contribution in [0, 0.1) is 0 Å². The quantitative estimate of drug-likeness (QED) is 0.648. The Hall–Kier alpha value is -1.13. The van der Waals surface area contributed by atoms with Crippen molar-refractivity contribution in [1.82, 2.24) is 0 Å².